The van der Waals surface area contributed by atoms with Crippen LogP contribution in [-0.2, 0) is 11.3 Å². The van der Waals surface area contributed by atoms with Crippen LogP contribution < -0.4 is 11.1 Å². The van der Waals surface area contributed by atoms with E-state index < -0.39 is 0 Å². The van der Waals surface area contributed by atoms with E-state index in [1.54, 1.807) is 17.1 Å². The largest absolute Gasteiger partial charge is 0.396 e. The first-order chi connectivity index (χ1) is 7.97. The Morgan fingerprint density at radius 1 is 1.71 bits per heavy atom. The van der Waals surface area contributed by atoms with Crippen molar-refractivity contribution in [2.45, 2.75) is 45.7 Å². The summed E-state index contributed by atoms with van der Waals surface area (Å²) in [6.07, 6.45) is 6.64. The fraction of sp³-hybridized carbons (Fsp3) is 0.667. The first-order valence-electron chi connectivity index (χ1n) is 6.05. The van der Waals surface area contributed by atoms with Crippen LogP contribution in [0.5, 0.6) is 0 Å². The number of hydrogen-bond donors (Lipinski definition) is 2. The molecule has 5 heteroatoms. The zero-order chi connectivity index (χ0) is 12.5. The third-order valence-corrected chi connectivity index (χ3v) is 3.55. The highest BCUT2D eigenvalue weighted by atomic mass is 16.2. The molecule has 1 atom stereocenters. The Morgan fingerprint density at radius 3 is 3.00 bits per heavy atom. The number of amides is 1. The summed E-state index contributed by atoms with van der Waals surface area (Å²) >= 11 is 0. The number of aromatic nitrogens is 2. The van der Waals surface area contributed by atoms with Crippen LogP contribution in [0.2, 0.25) is 0 Å². The molecule has 0 bridgehead atoms. The van der Waals surface area contributed by atoms with Gasteiger partial charge in [0.05, 0.1) is 11.9 Å². The fourth-order valence-electron chi connectivity index (χ4n) is 2.45. The van der Waals surface area contributed by atoms with E-state index in [4.69, 9.17) is 5.73 Å². The average molecular weight is 236 g/mol. The molecule has 1 fully saturated rings. The van der Waals surface area contributed by atoms with Gasteiger partial charge in [0.1, 0.15) is 6.54 Å². The summed E-state index contributed by atoms with van der Waals surface area (Å²) in [6.45, 7) is 4.65. The molecule has 17 heavy (non-hydrogen) atoms. The van der Waals surface area contributed by atoms with Gasteiger partial charge in [-0.3, -0.25) is 9.48 Å². The molecule has 0 aromatic carbocycles. The Morgan fingerprint density at radius 2 is 2.47 bits per heavy atom. The highest BCUT2D eigenvalue weighted by Gasteiger charge is 2.35. The van der Waals surface area contributed by atoms with Crippen LogP contribution in [-0.4, -0.2) is 21.7 Å². The maximum atomic E-state index is 11.9. The van der Waals surface area contributed by atoms with Gasteiger partial charge in [0.2, 0.25) is 5.91 Å². The Kier molecular flexibility index (Phi) is 3.09. The summed E-state index contributed by atoms with van der Waals surface area (Å²) in [5.41, 5.74) is 6.34. The minimum absolute atomic E-state index is 0.00748. The molecule has 0 spiro atoms. The molecular formula is C12H20N4O. The van der Waals surface area contributed by atoms with E-state index in [0.29, 0.717) is 5.69 Å². The molecule has 3 N–H and O–H groups in total. The summed E-state index contributed by atoms with van der Waals surface area (Å²) < 4.78 is 1.56. The maximum absolute atomic E-state index is 11.9. The molecule has 5 nitrogen and oxygen atoms in total. The number of carbonyl (C=O) groups excluding carboxylic acids is 1. The molecule has 1 aliphatic carbocycles. The molecule has 1 aliphatic rings. The second-order valence-corrected chi connectivity index (χ2v) is 5.47. The van der Waals surface area contributed by atoms with Crippen LogP contribution in [0.1, 0.15) is 33.1 Å². The lowest BCUT2D eigenvalue weighted by atomic mass is 9.87. The minimum Gasteiger partial charge on any atom is -0.396 e. The first kappa shape index (κ1) is 12.0. The van der Waals surface area contributed by atoms with Crippen molar-refractivity contribution in [1.82, 2.24) is 15.1 Å². The Hall–Kier alpha value is -1.52. The molecule has 1 unspecified atom stereocenters. The van der Waals surface area contributed by atoms with E-state index in [2.05, 4.69) is 24.3 Å². The second kappa shape index (κ2) is 4.39. The molecular weight excluding hydrogens is 216 g/mol. The van der Waals surface area contributed by atoms with Crippen LogP contribution in [0, 0.1) is 5.41 Å². The number of nitrogens with zero attached hydrogens (tertiary/aromatic N) is 2. The summed E-state index contributed by atoms with van der Waals surface area (Å²) in [5.74, 6) is 0.00748. The van der Waals surface area contributed by atoms with Gasteiger partial charge in [0.15, 0.2) is 0 Å². The van der Waals surface area contributed by atoms with Gasteiger partial charge in [-0.15, -0.1) is 0 Å². The predicted octanol–water partition coefficient (Wildman–Crippen LogP) is 1.16. The van der Waals surface area contributed by atoms with Crippen LogP contribution >= 0.6 is 0 Å². The number of anilines is 1. The number of nitrogens with two attached hydrogens (primary N) is 1. The Balaban J connectivity index is 1.89. The van der Waals surface area contributed by atoms with Gasteiger partial charge < -0.3 is 11.1 Å². The van der Waals surface area contributed by atoms with Gasteiger partial charge in [-0.25, -0.2) is 0 Å². The molecule has 1 aromatic rings. The smallest absolute Gasteiger partial charge is 0.241 e. The van der Waals surface area contributed by atoms with E-state index in [-0.39, 0.29) is 23.9 Å². The highest BCUT2D eigenvalue weighted by molar-refractivity contribution is 5.76. The van der Waals surface area contributed by atoms with Crippen molar-refractivity contribution in [3.05, 3.63) is 12.4 Å². The summed E-state index contributed by atoms with van der Waals surface area (Å²) in [4.78, 5) is 11.9. The zero-order valence-corrected chi connectivity index (χ0v) is 10.4. The normalized spacial score (nSPS) is 22.6. The molecule has 0 saturated heterocycles. The van der Waals surface area contributed by atoms with Gasteiger partial charge in [0, 0.05) is 12.2 Å². The number of carbonyl (C=O) groups is 1. The molecule has 1 saturated carbocycles. The van der Waals surface area contributed by atoms with Crippen LogP contribution in [0.3, 0.4) is 0 Å². The topological polar surface area (TPSA) is 72.9 Å². The maximum Gasteiger partial charge on any atom is 0.241 e. The van der Waals surface area contributed by atoms with Crippen molar-refractivity contribution < 1.29 is 4.79 Å². The number of nitrogens with one attached hydrogen (secondary N) is 1. The summed E-state index contributed by atoms with van der Waals surface area (Å²) in [7, 11) is 0. The van der Waals surface area contributed by atoms with E-state index in [9.17, 15) is 4.79 Å². The lowest BCUT2D eigenvalue weighted by Gasteiger charge is -2.27. The first-order valence-corrected chi connectivity index (χ1v) is 6.05. The third-order valence-electron chi connectivity index (χ3n) is 3.55. The third kappa shape index (κ3) is 2.78. The SMILES string of the molecule is CC1(C)CCCC1NC(=O)Cn1cc(N)cn1. The predicted molar refractivity (Wildman–Crippen MR) is 66.2 cm³/mol. The van der Waals surface area contributed by atoms with Crippen molar-refractivity contribution in [2.75, 3.05) is 5.73 Å². The Bertz CT molecular complexity index is 410. The molecule has 0 aliphatic heterocycles. The van der Waals surface area contributed by atoms with Crippen molar-refractivity contribution in [3.63, 3.8) is 0 Å². The van der Waals surface area contributed by atoms with Gasteiger partial charge in [-0.05, 0) is 18.3 Å². The van der Waals surface area contributed by atoms with Crippen molar-refractivity contribution >= 4 is 11.6 Å². The molecule has 0 radical (unpaired) electrons. The second-order valence-electron chi connectivity index (χ2n) is 5.47. The summed E-state index contributed by atoms with van der Waals surface area (Å²) in [6, 6.07) is 0.280. The van der Waals surface area contributed by atoms with Crippen LogP contribution in [0.4, 0.5) is 5.69 Å². The van der Waals surface area contributed by atoms with E-state index in [0.717, 1.165) is 6.42 Å². The van der Waals surface area contributed by atoms with Gasteiger partial charge in [0.25, 0.3) is 0 Å². The Labute approximate surface area is 101 Å². The van der Waals surface area contributed by atoms with Gasteiger partial charge in [-0.2, -0.15) is 5.10 Å². The van der Waals surface area contributed by atoms with Crippen molar-refractivity contribution in [3.8, 4) is 0 Å². The highest BCUT2D eigenvalue weighted by Crippen LogP contribution is 2.37. The molecule has 1 heterocycles. The zero-order valence-electron chi connectivity index (χ0n) is 10.4. The fourth-order valence-corrected chi connectivity index (χ4v) is 2.45. The summed E-state index contributed by atoms with van der Waals surface area (Å²) in [5, 5.41) is 7.08. The number of rotatable bonds is 3. The minimum atomic E-state index is 0.00748. The number of hydrogen-bond acceptors (Lipinski definition) is 3. The van der Waals surface area contributed by atoms with Crippen LogP contribution in [0.15, 0.2) is 12.4 Å². The van der Waals surface area contributed by atoms with E-state index in [1.165, 1.54) is 12.8 Å². The van der Waals surface area contributed by atoms with Crippen molar-refractivity contribution in [2.24, 2.45) is 5.41 Å². The van der Waals surface area contributed by atoms with Gasteiger partial charge >= 0.3 is 0 Å². The lowest BCUT2D eigenvalue weighted by Crippen LogP contribution is -2.42. The van der Waals surface area contributed by atoms with Crippen LogP contribution in [0.25, 0.3) is 0 Å². The molecule has 94 valence electrons. The molecule has 1 amide bonds. The number of nitrogen functional groups attached to an aromatic ring is 1. The molecule has 2 rings (SSSR count). The van der Waals surface area contributed by atoms with Crippen molar-refractivity contribution in [1.29, 1.82) is 0 Å². The van der Waals surface area contributed by atoms with Gasteiger partial charge in [-0.1, -0.05) is 20.3 Å². The average Bonchev–Trinajstić information content (AvgIpc) is 2.74. The monoisotopic (exact) mass is 236 g/mol. The van der Waals surface area contributed by atoms with E-state index in [1.807, 2.05) is 0 Å². The quantitative estimate of drug-likeness (QED) is 0.827. The standard InChI is InChI=1S/C12H20N4O/c1-12(2)5-3-4-10(12)15-11(17)8-16-7-9(13)6-14-16/h6-7,10H,3-5,8,13H2,1-2H3,(H,15,17). The molecule has 1 aromatic heterocycles. The van der Waals surface area contributed by atoms with E-state index >= 15 is 0 Å². The lowest BCUT2D eigenvalue weighted by molar-refractivity contribution is -0.123.